The summed E-state index contributed by atoms with van der Waals surface area (Å²) in [6.07, 6.45) is 4.79. The summed E-state index contributed by atoms with van der Waals surface area (Å²) in [5.74, 6) is -1.94. The predicted octanol–water partition coefficient (Wildman–Crippen LogP) is 3.39. The molecule has 0 radical (unpaired) electrons. The van der Waals surface area contributed by atoms with E-state index in [1.54, 1.807) is 13.8 Å². The Bertz CT molecular complexity index is 364. The third-order valence-corrected chi connectivity index (χ3v) is 2.89. The lowest BCUT2D eigenvalue weighted by atomic mass is 10.00. The molecule has 0 rings (SSSR count). The van der Waals surface area contributed by atoms with Crippen LogP contribution in [0.1, 0.15) is 52.9 Å². The van der Waals surface area contributed by atoms with Gasteiger partial charge >= 0.3 is 11.9 Å². The van der Waals surface area contributed by atoms with Crippen molar-refractivity contribution in [3.8, 4) is 0 Å². The number of rotatable bonds is 8. The molecule has 0 fully saturated rings. The van der Waals surface area contributed by atoms with E-state index in [9.17, 15) is 9.59 Å². The molecular weight excluding hydrogens is 232 g/mol. The van der Waals surface area contributed by atoms with Gasteiger partial charge in [-0.15, -0.1) is 0 Å². The van der Waals surface area contributed by atoms with Gasteiger partial charge < -0.3 is 10.2 Å². The van der Waals surface area contributed by atoms with Gasteiger partial charge in [0.2, 0.25) is 0 Å². The average molecular weight is 254 g/mol. The van der Waals surface area contributed by atoms with E-state index in [0.29, 0.717) is 12.0 Å². The lowest BCUT2D eigenvalue weighted by Gasteiger charge is -2.06. The minimum Gasteiger partial charge on any atom is -0.478 e. The van der Waals surface area contributed by atoms with Crippen molar-refractivity contribution < 1.29 is 19.8 Å². The zero-order chi connectivity index (χ0) is 14.1. The number of hydrogen-bond donors (Lipinski definition) is 2. The van der Waals surface area contributed by atoms with Crippen molar-refractivity contribution in [2.24, 2.45) is 0 Å². The molecule has 4 nitrogen and oxygen atoms in total. The first kappa shape index (κ1) is 16.4. The number of carboxylic acids is 2. The van der Waals surface area contributed by atoms with Crippen LogP contribution in [-0.4, -0.2) is 22.2 Å². The Kier molecular flexibility index (Phi) is 7.76. The van der Waals surface area contributed by atoms with Gasteiger partial charge in [0.15, 0.2) is 0 Å². The van der Waals surface area contributed by atoms with Crippen LogP contribution in [0.3, 0.4) is 0 Å². The van der Waals surface area contributed by atoms with E-state index in [0.717, 1.165) is 24.8 Å². The molecule has 0 unspecified atom stereocenters. The third-order valence-electron chi connectivity index (χ3n) is 2.89. The fourth-order valence-electron chi connectivity index (χ4n) is 1.65. The molecule has 0 aliphatic carbocycles. The van der Waals surface area contributed by atoms with E-state index in [-0.39, 0.29) is 12.0 Å². The van der Waals surface area contributed by atoms with Crippen LogP contribution in [0.5, 0.6) is 0 Å². The van der Waals surface area contributed by atoms with Gasteiger partial charge in [-0.3, -0.25) is 0 Å². The van der Waals surface area contributed by atoms with Gasteiger partial charge in [0.25, 0.3) is 0 Å². The molecule has 0 aromatic heterocycles. The smallest absolute Gasteiger partial charge is 0.331 e. The highest BCUT2D eigenvalue weighted by atomic mass is 16.4. The zero-order valence-corrected chi connectivity index (χ0v) is 11.3. The topological polar surface area (TPSA) is 74.6 Å². The van der Waals surface area contributed by atoms with Crippen LogP contribution < -0.4 is 0 Å². The Morgan fingerprint density at radius 1 is 1.11 bits per heavy atom. The number of carbonyl (C=O) groups is 2. The van der Waals surface area contributed by atoms with Crippen molar-refractivity contribution in [3.63, 3.8) is 0 Å². The second-order valence-corrected chi connectivity index (χ2v) is 4.26. The van der Waals surface area contributed by atoms with Gasteiger partial charge in [0.1, 0.15) is 0 Å². The molecule has 102 valence electrons. The summed E-state index contributed by atoms with van der Waals surface area (Å²) in [5.41, 5.74) is 1.41. The number of carboxylic acid groups (broad SMARTS) is 2. The Labute approximate surface area is 108 Å². The molecule has 0 atom stereocenters. The Morgan fingerprint density at radius 2 is 1.72 bits per heavy atom. The number of aliphatic carboxylic acids is 2. The molecule has 0 aliphatic rings. The largest absolute Gasteiger partial charge is 0.478 e. The SMILES string of the molecule is CCCCC(C)=C(CC=C(CC)C(=O)O)C(=O)O. The summed E-state index contributed by atoms with van der Waals surface area (Å²) in [7, 11) is 0. The van der Waals surface area contributed by atoms with Crippen molar-refractivity contribution in [1.29, 1.82) is 0 Å². The molecule has 0 heterocycles. The van der Waals surface area contributed by atoms with E-state index in [1.807, 2.05) is 6.92 Å². The van der Waals surface area contributed by atoms with Gasteiger partial charge in [0.05, 0.1) is 0 Å². The maximum Gasteiger partial charge on any atom is 0.331 e. The lowest BCUT2D eigenvalue weighted by Crippen LogP contribution is -2.05. The van der Waals surface area contributed by atoms with Gasteiger partial charge in [-0.2, -0.15) is 0 Å². The van der Waals surface area contributed by atoms with Crippen molar-refractivity contribution in [2.45, 2.75) is 52.9 Å². The molecular formula is C14H22O4. The highest BCUT2D eigenvalue weighted by molar-refractivity contribution is 5.89. The van der Waals surface area contributed by atoms with E-state index in [4.69, 9.17) is 10.2 Å². The zero-order valence-electron chi connectivity index (χ0n) is 11.3. The molecule has 0 spiro atoms. The molecule has 0 aliphatic heterocycles. The van der Waals surface area contributed by atoms with Crippen molar-refractivity contribution in [1.82, 2.24) is 0 Å². The molecule has 18 heavy (non-hydrogen) atoms. The van der Waals surface area contributed by atoms with Gasteiger partial charge in [0, 0.05) is 11.1 Å². The minimum atomic E-state index is -0.978. The van der Waals surface area contributed by atoms with Crippen LogP contribution in [0, 0.1) is 0 Å². The third kappa shape index (κ3) is 5.66. The molecule has 0 amide bonds. The summed E-state index contributed by atoms with van der Waals surface area (Å²) in [6, 6.07) is 0. The van der Waals surface area contributed by atoms with Crippen molar-refractivity contribution in [2.75, 3.05) is 0 Å². The van der Waals surface area contributed by atoms with Crippen LogP contribution in [0.2, 0.25) is 0 Å². The van der Waals surface area contributed by atoms with Crippen LogP contribution in [0.25, 0.3) is 0 Å². The summed E-state index contributed by atoms with van der Waals surface area (Å²) >= 11 is 0. The fourth-order valence-corrected chi connectivity index (χ4v) is 1.65. The normalized spacial score (nSPS) is 13.2. The van der Waals surface area contributed by atoms with Gasteiger partial charge in [-0.1, -0.05) is 31.9 Å². The molecule has 0 saturated carbocycles. The van der Waals surface area contributed by atoms with Crippen LogP contribution in [-0.2, 0) is 9.59 Å². The van der Waals surface area contributed by atoms with Gasteiger partial charge in [-0.25, -0.2) is 9.59 Å². The number of unbranched alkanes of at least 4 members (excludes halogenated alkanes) is 1. The predicted molar refractivity (Wildman–Crippen MR) is 70.5 cm³/mol. The average Bonchev–Trinajstić information content (AvgIpc) is 2.30. The summed E-state index contributed by atoms with van der Waals surface area (Å²) in [4.78, 5) is 22.0. The highest BCUT2D eigenvalue weighted by Crippen LogP contribution is 2.17. The maximum absolute atomic E-state index is 11.1. The number of hydrogen-bond acceptors (Lipinski definition) is 2. The first-order chi connectivity index (χ1) is 8.43. The van der Waals surface area contributed by atoms with Crippen molar-refractivity contribution >= 4 is 11.9 Å². The second kappa shape index (κ2) is 8.50. The summed E-state index contributed by atoms with van der Waals surface area (Å²) in [5, 5.41) is 18.0. The highest BCUT2D eigenvalue weighted by Gasteiger charge is 2.11. The van der Waals surface area contributed by atoms with E-state index in [2.05, 4.69) is 0 Å². The molecule has 0 bridgehead atoms. The molecule has 0 aromatic carbocycles. The second-order valence-electron chi connectivity index (χ2n) is 4.26. The number of allylic oxidation sites excluding steroid dienone is 2. The summed E-state index contributed by atoms with van der Waals surface area (Å²) < 4.78 is 0. The Hall–Kier alpha value is -1.58. The van der Waals surface area contributed by atoms with E-state index >= 15 is 0 Å². The van der Waals surface area contributed by atoms with Crippen molar-refractivity contribution in [3.05, 3.63) is 22.8 Å². The molecule has 0 saturated heterocycles. The quantitative estimate of drug-likeness (QED) is 0.651. The Morgan fingerprint density at radius 3 is 2.11 bits per heavy atom. The van der Waals surface area contributed by atoms with Crippen LogP contribution in [0.4, 0.5) is 0 Å². The summed E-state index contributed by atoms with van der Waals surface area (Å²) in [6.45, 7) is 5.60. The monoisotopic (exact) mass is 254 g/mol. The molecule has 4 heteroatoms. The Balaban J connectivity index is 4.94. The van der Waals surface area contributed by atoms with E-state index < -0.39 is 11.9 Å². The molecule has 2 N–H and O–H groups in total. The van der Waals surface area contributed by atoms with Crippen LogP contribution in [0.15, 0.2) is 22.8 Å². The molecule has 0 aromatic rings. The maximum atomic E-state index is 11.1. The van der Waals surface area contributed by atoms with E-state index in [1.165, 1.54) is 6.08 Å². The standard InChI is InChI=1S/C14H22O4/c1-4-6-7-10(3)12(14(17)18)9-8-11(5-2)13(15)16/h8H,4-7,9H2,1-3H3,(H,15,16)(H,17,18). The lowest BCUT2D eigenvalue weighted by molar-refractivity contribution is -0.134. The van der Waals surface area contributed by atoms with Gasteiger partial charge in [-0.05, 0) is 32.6 Å². The minimum absolute atomic E-state index is 0.181. The first-order valence-corrected chi connectivity index (χ1v) is 6.28. The fraction of sp³-hybridized carbons (Fsp3) is 0.571. The van der Waals surface area contributed by atoms with Crippen LogP contribution >= 0.6 is 0 Å². The first-order valence-electron chi connectivity index (χ1n) is 6.28.